The number of carbonyl (C=O) groups excluding carboxylic acids is 7. The van der Waals surface area contributed by atoms with Crippen LogP contribution in [0.3, 0.4) is 0 Å². The maximum absolute atomic E-state index is 14.3. The van der Waals surface area contributed by atoms with Crippen LogP contribution in [0.2, 0.25) is 0 Å². The summed E-state index contributed by atoms with van der Waals surface area (Å²) in [7, 11) is 0. The lowest BCUT2D eigenvalue weighted by atomic mass is 9.48. The van der Waals surface area contributed by atoms with Crippen molar-refractivity contribution in [1.82, 2.24) is 25.2 Å². The van der Waals surface area contributed by atoms with E-state index in [9.17, 15) is 43.5 Å². The van der Waals surface area contributed by atoms with Crippen molar-refractivity contribution in [1.29, 1.82) is 0 Å². The van der Waals surface area contributed by atoms with Crippen LogP contribution in [0.4, 0.5) is 0 Å². The Labute approximate surface area is 282 Å². The lowest BCUT2D eigenvalue weighted by Crippen LogP contribution is -2.79. The lowest BCUT2D eigenvalue weighted by molar-refractivity contribution is -0.307. The molecule has 0 aromatic heterocycles. The highest BCUT2D eigenvalue weighted by Gasteiger charge is 2.75. The third-order valence-corrected chi connectivity index (χ3v) is 9.68. The minimum absolute atomic E-state index is 0.00340. The monoisotopic (exact) mass is 689 g/mol. The molecular formula is C32H43N5O12. The summed E-state index contributed by atoms with van der Waals surface area (Å²) in [5.41, 5.74) is -6.30. The molecule has 0 aromatic rings. The van der Waals surface area contributed by atoms with Gasteiger partial charge in [0, 0.05) is 62.2 Å². The van der Waals surface area contributed by atoms with Gasteiger partial charge in [-0.3, -0.25) is 53.4 Å². The Kier molecular flexibility index (Phi) is 10.9. The van der Waals surface area contributed by atoms with E-state index in [4.69, 9.17) is 14.8 Å². The van der Waals surface area contributed by atoms with Crippen molar-refractivity contribution in [3.05, 3.63) is 24.3 Å². The van der Waals surface area contributed by atoms with Crippen LogP contribution in [-0.4, -0.2) is 128 Å². The summed E-state index contributed by atoms with van der Waals surface area (Å²) < 4.78 is 5.52. The number of nitrogens with one attached hydrogen (secondary N) is 1. The second-order valence-electron chi connectivity index (χ2n) is 13.8. The highest BCUT2D eigenvalue weighted by molar-refractivity contribution is 6.16. The zero-order chi connectivity index (χ0) is 36.4. The summed E-state index contributed by atoms with van der Waals surface area (Å²) in [5, 5.41) is 23.7. The van der Waals surface area contributed by atoms with E-state index in [1.54, 1.807) is 32.8 Å². The van der Waals surface area contributed by atoms with E-state index in [2.05, 4.69) is 5.32 Å². The van der Waals surface area contributed by atoms with Gasteiger partial charge in [0.25, 0.3) is 35.4 Å². The van der Waals surface area contributed by atoms with Crippen LogP contribution in [0.1, 0.15) is 66.2 Å². The van der Waals surface area contributed by atoms with E-state index in [0.29, 0.717) is 13.1 Å². The van der Waals surface area contributed by atoms with Gasteiger partial charge in [0.05, 0.1) is 19.8 Å². The van der Waals surface area contributed by atoms with Gasteiger partial charge in [0.2, 0.25) is 5.91 Å². The van der Waals surface area contributed by atoms with Crippen molar-refractivity contribution in [3.63, 3.8) is 0 Å². The van der Waals surface area contributed by atoms with Gasteiger partial charge in [-0.25, -0.2) is 4.79 Å². The largest absolute Gasteiger partial charge is 0.479 e. The molecule has 4 aliphatic heterocycles. The molecule has 0 radical (unpaired) electrons. The van der Waals surface area contributed by atoms with E-state index in [1.807, 2.05) is 0 Å². The van der Waals surface area contributed by atoms with Gasteiger partial charge in [-0.15, -0.1) is 0 Å². The quantitative estimate of drug-likeness (QED) is 0.147. The number of carboxylic acids is 1. The third-order valence-electron chi connectivity index (χ3n) is 9.68. The Morgan fingerprint density at radius 3 is 1.84 bits per heavy atom. The normalized spacial score (nSPS) is 27.7. The Morgan fingerprint density at radius 1 is 0.816 bits per heavy atom. The number of hydroxylamine groups is 4. The molecule has 5 aliphatic rings. The Hall–Kier alpha value is -4.32. The van der Waals surface area contributed by atoms with Crippen LogP contribution >= 0.6 is 0 Å². The van der Waals surface area contributed by atoms with Gasteiger partial charge in [-0.05, 0) is 31.1 Å². The fraction of sp³-hybridized carbons (Fsp3) is 0.625. The minimum atomic E-state index is -1.95. The number of carbonyl (C=O) groups is 8. The number of hydrogen-bond donors (Lipinski definition) is 3. The fourth-order valence-corrected chi connectivity index (χ4v) is 7.19. The fourth-order valence-electron chi connectivity index (χ4n) is 7.19. The molecule has 1 aliphatic carbocycles. The molecule has 0 spiro atoms. The predicted octanol–water partition coefficient (Wildman–Crippen LogP) is -0.0704. The number of hydrogen-bond acceptors (Lipinski definition) is 12. The van der Waals surface area contributed by atoms with Crippen molar-refractivity contribution in [2.24, 2.45) is 10.8 Å². The molecule has 5 rings (SSSR count). The molecular weight excluding hydrogens is 646 g/mol. The number of amides is 7. The Balaban J connectivity index is 0.000000592. The van der Waals surface area contributed by atoms with Gasteiger partial charge in [0.15, 0.2) is 5.60 Å². The smallest absolute Gasteiger partial charge is 0.338 e. The molecule has 2 saturated heterocycles. The van der Waals surface area contributed by atoms with E-state index < -0.39 is 69.3 Å². The molecule has 2 atom stereocenters. The molecule has 7 amide bonds. The topological polar surface area (TPSA) is 220 Å². The number of imide groups is 3. The standard InChI is InChI=1S/C28H38N4O9.C4H5NO3/c1-25(2)17-27(32-21(35)9-10-22(32)36,23(37)29-11-15-40-16-14-31-19(33)7-8-20(31)34)26(3,4)28(18-25,24(38)39)41-30-12-5-6-13-30;6-3-1-2-4(7)5(3)8/h7-10H,5-6,11-18H2,1-4H3,(H,29,37)(H,38,39);8H,1-2H2. The first kappa shape index (κ1) is 37.5. The molecule has 3 N–H and O–H groups in total. The van der Waals surface area contributed by atoms with Crippen molar-refractivity contribution in [3.8, 4) is 0 Å². The second-order valence-corrected chi connectivity index (χ2v) is 13.8. The van der Waals surface area contributed by atoms with Crippen LogP contribution in [0.5, 0.6) is 0 Å². The number of ether oxygens (including phenoxy) is 1. The van der Waals surface area contributed by atoms with Crippen LogP contribution < -0.4 is 5.32 Å². The summed E-state index contributed by atoms with van der Waals surface area (Å²) in [6, 6.07) is 0. The molecule has 2 unspecified atom stereocenters. The summed E-state index contributed by atoms with van der Waals surface area (Å²) in [6.45, 7) is 7.83. The molecule has 0 bridgehead atoms. The number of aliphatic carboxylic acids is 1. The van der Waals surface area contributed by atoms with E-state index in [1.165, 1.54) is 12.2 Å². The maximum atomic E-state index is 14.3. The SMILES string of the molecule is CC1(C)CC(ON2CCCC2)(C(=O)O)C(C)(C)C(C(=O)NCCOCCN2C(=O)C=CC2=O)(N2C(=O)C=CC2=O)C1.O=C1CCC(=O)N1O. The highest BCUT2D eigenvalue weighted by Crippen LogP contribution is 2.61. The zero-order valence-corrected chi connectivity index (χ0v) is 28.1. The predicted molar refractivity (Wildman–Crippen MR) is 165 cm³/mol. The molecule has 17 heteroatoms. The Morgan fingerprint density at radius 2 is 1.35 bits per heavy atom. The molecule has 268 valence electrons. The second kappa shape index (κ2) is 14.3. The Bertz CT molecular complexity index is 1430. The highest BCUT2D eigenvalue weighted by atomic mass is 16.7. The third kappa shape index (κ3) is 7.06. The number of nitrogens with zero attached hydrogens (tertiary/aromatic N) is 4. The molecule has 49 heavy (non-hydrogen) atoms. The van der Waals surface area contributed by atoms with Crippen molar-refractivity contribution < 1.29 is 58.2 Å². The van der Waals surface area contributed by atoms with Gasteiger partial charge in [-0.2, -0.15) is 10.1 Å². The first-order chi connectivity index (χ1) is 22.9. The molecule has 17 nitrogen and oxygen atoms in total. The lowest BCUT2D eigenvalue weighted by Gasteiger charge is -2.63. The number of carboxylic acid groups (broad SMARTS) is 1. The van der Waals surface area contributed by atoms with Gasteiger partial charge >= 0.3 is 5.97 Å². The van der Waals surface area contributed by atoms with Crippen molar-refractivity contribution in [2.45, 2.75) is 77.4 Å². The minimum Gasteiger partial charge on any atom is -0.479 e. The molecule has 3 fully saturated rings. The van der Waals surface area contributed by atoms with Crippen LogP contribution in [0, 0.1) is 10.8 Å². The molecule has 0 aromatic carbocycles. The summed E-state index contributed by atoms with van der Waals surface area (Å²) in [4.78, 5) is 106. The van der Waals surface area contributed by atoms with E-state index in [-0.39, 0.29) is 57.0 Å². The van der Waals surface area contributed by atoms with Crippen LogP contribution in [0.25, 0.3) is 0 Å². The number of rotatable bonds is 11. The summed E-state index contributed by atoms with van der Waals surface area (Å²) >= 11 is 0. The summed E-state index contributed by atoms with van der Waals surface area (Å²) in [5.74, 6) is -5.26. The first-order valence-electron chi connectivity index (χ1n) is 16.1. The average molecular weight is 690 g/mol. The van der Waals surface area contributed by atoms with E-state index in [0.717, 1.165) is 34.8 Å². The summed E-state index contributed by atoms with van der Waals surface area (Å²) in [6.07, 6.45) is 6.52. The molecule has 4 heterocycles. The molecule has 1 saturated carbocycles. The van der Waals surface area contributed by atoms with Crippen LogP contribution in [-0.2, 0) is 47.9 Å². The van der Waals surface area contributed by atoms with Crippen molar-refractivity contribution >= 4 is 47.3 Å². The van der Waals surface area contributed by atoms with E-state index >= 15 is 0 Å². The van der Waals surface area contributed by atoms with Gasteiger partial charge in [0.1, 0.15) is 5.54 Å². The average Bonchev–Trinajstić information content (AvgIpc) is 3.80. The van der Waals surface area contributed by atoms with Crippen molar-refractivity contribution in [2.75, 3.05) is 39.4 Å². The first-order valence-corrected chi connectivity index (χ1v) is 16.1. The van der Waals surface area contributed by atoms with Gasteiger partial charge < -0.3 is 15.2 Å². The van der Waals surface area contributed by atoms with Gasteiger partial charge in [-0.1, -0.05) is 27.7 Å². The zero-order valence-electron chi connectivity index (χ0n) is 28.1. The van der Waals surface area contributed by atoms with Crippen LogP contribution in [0.15, 0.2) is 24.3 Å². The maximum Gasteiger partial charge on any atom is 0.338 e.